The zero-order chi connectivity index (χ0) is 25.2. The minimum absolute atomic E-state index is 0.0194. The Balaban J connectivity index is 1.58. The largest absolute Gasteiger partial charge is 0.390 e. The lowest BCUT2D eigenvalue weighted by molar-refractivity contribution is -0.166. The number of hydrogen-bond acceptors (Lipinski definition) is 7. The summed E-state index contributed by atoms with van der Waals surface area (Å²) >= 11 is 0. The van der Waals surface area contributed by atoms with Crippen molar-refractivity contribution >= 4 is 5.97 Å². The summed E-state index contributed by atoms with van der Waals surface area (Å²) in [6.45, 7) is 12.7. The van der Waals surface area contributed by atoms with E-state index in [0.717, 1.165) is 25.7 Å². The molecular weight excluding hydrogens is 434 g/mol. The third kappa shape index (κ3) is 4.03. The van der Waals surface area contributed by atoms with E-state index >= 15 is 0 Å². The molecule has 1 aliphatic heterocycles. The molecule has 4 fully saturated rings. The van der Waals surface area contributed by atoms with Crippen molar-refractivity contribution in [2.45, 2.75) is 111 Å². The lowest BCUT2D eigenvalue weighted by Gasteiger charge is -2.55. The van der Waals surface area contributed by atoms with Crippen molar-refractivity contribution < 1.29 is 30.1 Å². The highest BCUT2D eigenvalue weighted by molar-refractivity contribution is 5.74. The molecule has 0 unspecified atom stereocenters. The molecule has 0 amide bonds. The van der Waals surface area contributed by atoms with Gasteiger partial charge in [0, 0.05) is 6.04 Å². The average molecular weight is 482 g/mol. The van der Waals surface area contributed by atoms with Crippen molar-refractivity contribution in [1.82, 2.24) is 5.48 Å². The van der Waals surface area contributed by atoms with Crippen LogP contribution in [-0.4, -0.2) is 56.9 Å². The van der Waals surface area contributed by atoms with Gasteiger partial charge in [0.2, 0.25) is 0 Å². The molecule has 5 N–H and O–H groups in total. The number of carbonyl (C=O) groups is 1. The molecule has 0 radical (unpaired) electrons. The Morgan fingerprint density at radius 3 is 2.24 bits per heavy atom. The first-order chi connectivity index (χ1) is 15.8. The molecule has 3 aliphatic carbocycles. The number of hydrogen-bond donors (Lipinski definition) is 5. The minimum Gasteiger partial charge on any atom is -0.390 e. The Bertz CT molecular complexity index is 761. The molecule has 1 saturated heterocycles. The van der Waals surface area contributed by atoms with Crippen LogP contribution in [-0.2, 0) is 9.63 Å². The summed E-state index contributed by atoms with van der Waals surface area (Å²) < 4.78 is 0. The topological polar surface area (TPSA) is 119 Å². The van der Waals surface area contributed by atoms with Gasteiger partial charge in [-0.1, -0.05) is 41.5 Å². The second-order valence-electron chi connectivity index (χ2n) is 13.1. The van der Waals surface area contributed by atoms with Gasteiger partial charge in [-0.15, -0.1) is 5.48 Å². The summed E-state index contributed by atoms with van der Waals surface area (Å²) in [4.78, 5) is 18.6. The molecule has 13 atom stereocenters. The zero-order valence-electron chi connectivity index (χ0n) is 21.8. The molecule has 0 aromatic rings. The number of fused-ring (bicyclic) bond motifs is 5. The van der Waals surface area contributed by atoms with Crippen LogP contribution in [0.2, 0.25) is 0 Å². The van der Waals surface area contributed by atoms with Crippen molar-refractivity contribution in [1.29, 1.82) is 0 Å². The zero-order valence-corrected chi connectivity index (χ0v) is 21.8. The molecule has 1 heterocycles. The fourth-order valence-corrected chi connectivity index (χ4v) is 8.57. The molecule has 0 bridgehead atoms. The third-order valence-corrected chi connectivity index (χ3v) is 11.3. The summed E-state index contributed by atoms with van der Waals surface area (Å²) in [5.74, 6) is 0.231. The quantitative estimate of drug-likeness (QED) is 0.410. The number of aliphatic hydroxyl groups is 4. The van der Waals surface area contributed by atoms with E-state index in [2.05, 4.69) is 40.1 Å². The van der Waals surface area contributed by atoms with Gasteiger partial charge in [-0.2, -0.15) is 0 Å². The van der Waals surface area contributed by atoms with Gasteiger partial charge < -0.3 is 25.3 Å². The molecule has 0 aromatic heterocycles. The predicted octanol–water partition coefficient (Wildman–Crippen LogP) is 2.65. The van der Waals surface area contributed by atoms with Gasteiger partial charge in [0.05, 0.1) is 30.3 Å². The van der Waals surface area contributed by atoms with Crippen LogP contribution < -0.4 is 5.48 Å². The lowest BCUT2D eigenvalue weighted by atomic mass is 9.50. The van der Waals surface area contributed by atoms with Gasteiger partial charge in [-0.3, -0.25) is 4.79 Å². The SMILES string of the molecule is CC(C)[C@H](C)[C@@H](O)[C@@H](O)[C@@H](C)[C@H]1CC[C@H]2[C@@H]3NOC(=O)[C@H]4C[C@H](O)[C@H](O)C[C@]4(C)[C@H]3CC[C@]12C. The number of aliphatic hydroxyl groups excluding tert-OH is 4. The van der Waals surface area contributed by atoms with E-state index in [9.17, 15) is 25.2 Å². The highest BCUT2D eigenvalue weighted by Gasteiger charge is 2.63. The summed E-state index contributed by atoms with van der Waals surface area (Å²) in [5, 5.41) is 42.8. The van der Waals surface area contributed by atoms with Crippen molar-refractivity contribution in [3.8, 4) is 0 Å². The fraction of sp³-hybridized carbons (Fsp3) is 0.963. The van der Waals surface area contributed by atoms with Crippen LogP contribution in [0, 0.1) is 52.3 Å². The number of nitrogens with one attached hydrogen (secondary N) is 1. The molecule has 7 nitrogen and oxygen atoms in total. The monoisotopic (exact) mass is 481 g/mol. The Morgan fingerprint density at radius 2 is 1.59 bits per heavy atom. The predicted molar refractivity (Wildman–Crippen MR) is 128 cm³/mol. The van der Waals surface area contributed by atoms with E-state index in [-0.39, 0.29) is 53.4 Å². The Kier molecular flexibility index (Phi) is 7.20. The molecule has 7 heteroatoms. The van der Waals surface area contributed by atoms with Gasteiger partial charge >= 0.3 is 5.97 Å². The molecule has 4 rings (SSSR count). The summed E-state index contributed by atoms with van der Waals surface area (Å²) in [6.07, 6.45) is 1.24. The highest BCUT2D eigenvalue weighted by Crippen LogP contribution is 2.64. The number of rotatable bonds is 5. The molecule has 3 saturated carbocycles. The van der Waals surface area contributed by atoms with Crippen LogP contribution in [0.15, 0.2) is 0 Å². The molecular formula is C27H47NO6. The first-order valence-electron chi connectivity index (χ1n) is 13.5. The van der Waals surface area contributed by atoms with Gasteiger partial charge in [-0.05, 0) is 84.9 Å². The van der Waals surface area contributed by atoms with Crippen LogP contribution in [0.25, 0.3) is 0 Å². The Morgan fingerprint density at radius 1 is 0.941 bits per heavy atom. The third-order valence-electron chi connectivity index (χ3n) is 11.3. The van der Waals surface area contributed by atoms with Crippen LogP contribution in [0.3, 0.4) is 0 Å². The van der Waals surface area contributed by atoms with Gasteiger partial charge in [-0.25, -0.2) is 0 Å². The first-order valence-corrected chi connectivity index (χ1v) is 13.5. The summed E-state index contributed by atoms with van der Waals surface area (Å²) in [7, 11) is 0. The van der Waals surface area contributed by atoms with E-state index in [1.165, 1.54) is 0 Å². The minimum atomic E-state index is -0.895. The molecule has 0 spiro atoms. The van der Waals surface area contributed by atoms with Crippen molar-refractivity contribution in [2.24, 2.45) is 52.3 Å². The van der Waals surface area contributed by atoms with Gasteiger partial charge in [0.15, 0.2) is 0 Å². The van der Waals surface area contributed by atoms with Crippen LogP contribution in [0.1, 0.15) is 80.1 Å². The first kappa shape index (κ1) is 26.3. The van der Waals surface area contributed by atoms with E-state index in [0.29, 0.717) is 12.3 Å². The molecule has 0 aromatic carbocycles. The Hall–Kier alpha value is -0.730. The van der Waals surface area contributed by atoms with Crippen LogP contribution >= 0.6 is 0 Å². The maximum absolute atomic E-state index is 12.9. The summed E-state index contributed by atoms with van der Waals surface area (Å²) in [6, 6.07) is -0.0194. The smallest absolute Gasteiger partial charge is 0.328 e. The van der Waals surface area contributed by atoms with Gasteiger partial charge in [0.1, 0.15) is 0 Å². The van der Waals surface area contributed by atoms with E-state index in [1.54, 1.807) is 0 Å². The molecule has 196 valence electrons. The second kappa shape index (κ2) is 9.29. The fourth-order valence-electron chi connectivity index (χ4n) is 8.57. The maximum Gasteiger partial charge on any atom is 0.328 e. The van der Waals surface area contributed by atoms with Crippen molar-refractivity contribution in [3.05, 3.63) is 0 Å². The molecule has 34 heavy (non-hydrogen) atoms. The van der Waals surface area contributed by atoms with Crippen LogP contribution in [0.4, 0.5) is 0 Å². The van der Waals surface area contributed by atoms with E-state index < -0.39 is 35.7 Å². The summed E-state index contributed by atoms with van der Waals surface area (Å²) in [5.41, 5.74) is 2.69. The molecule has 4 aliphatic rings. The maximum atomic E-state index is 12.9. The highest BCUT2D eigenvalue weighted by atomic mass is 16.7. The normalized spacial score (nSPS) is 48.1. The standard InChI is InChI=1S/C27H47NO6/c1-13(2)14(3)23(31)24(32)15(4)16-7-8-17-22-18(9-10-26(16,17)5)27(6)12-21(30)20(29)11-19(27)25(33)34-28-22/h13-24,28-32H,7-12H2,1-6H3/t14-,15-,16+,17-,18-,19+,20-,21+,22-,23+,24-,26+,27+/m0/s1. The van der Waals surface area contributed by atoms with Crippen molar-refractivity contribution in [3.63, 3.8) is 0 Å². The van der Waals surface area contributed by atoms with E-state index in [1.807, 2.05) is 6.92 Å². The second-order valence-corrected chi connectivity index (χ2v) is 13.1. The van der Waals surface area contributed by atoms with Crippen molar-refractivity contribution in [2.75, 3.05) is 0 Å². The van der Waals surface area contributed by atoms with Crippen LogP contribution in [0.5, 0.6) is 0 Å². The number of carbonyl (C=O) groups excluding carboxylic acids is 1. The lowest BCUT2D eigenvalue weighted by Crippen LogP contribution is -2.58. The van der Waals surface area contributed by atoms with E-state index in [4.69, 9.17) is 4.84 Å². The number of hydroxylamine groups is 1. The average Bonchev–Trinajstić information content (AvgIpc) is 3.09. The Labute approximate surface area is 204 Å². The van der Waals surface area contributed by atoms with Gasteiger partial charge in [0.25, 0.3) is 0 Å².